The summed E-state index contributed by atoms with van der Waals surface area (Å²) >= 11 is 0. The van der Waals surface area contributed by atoms with Crippen molar-refractivity contribution in [3.63, 3.8) is 0 Å². The first-order valence-electron chi connectivity index (χ1n) is 4.83. The number of aryl methyl sites for hydroxylation is 2. The molecule has 1 aromatic carbocycles. The Hall–Kier alpha value is -2.10. The van der Waals surface area contributed by atoms with Gasteiger partial charge in [0.1, 0.15) is 11.3 Å². The fourth-order valence-electron chi connectivity index (χ4n) is 1.72. The number of hydrogen-bond donors (Lipinski definition) is 2. The number of aromatic nitrogens is 1. The molecule has 0 bridgehead atoms. The maximum Gasteiger partial charge on any atom is 0.340 e. The molecule has 16 heavy (non-hydrogen) atoms. The summed E-state index contributed by atoms with van der Waals surface area (Å²) in [4.78, 5) is 15.1. The molecule has 0 aliphatic carbocycles. The fourth-order valence-corrected chi connectivity index (χ4v) is 1.72. The second-order valence-electron chi connectivity index (χ2n) is 3.73. The van der Waals surface area contributed by atoms with Gasteiger partial charge < -0.3 is 10.2 Å². The zero-order valence-electron chi connectivity index (χ0n) is 8.98. The standard InChI is InChI=1S/C12H11NO3/c1-6-3-4-8-10(12(15)16)9(14)5-13-11(8)7(6)2/h3-5,14H,1-2H3,(H,15,16). The maximum atomic E-state index is 11.0. The van der Waals surface area contributed by atoms with Crippen molar-refractivity contribution in [2.75, 3.05) is 0 Å². The molecule has 0 atom stereocenters. The molecule has 0 aliphatic heterocycles. The Kier molecular flexibility index (Phi) is 2.27. The summed E-state index contributed by atoms with van der Waals surface area (Å²) in [6.07, 6.45) is 1.18. The summed E-state index contributed by atoms with van der Waals surface area (Å²) in [5, 5.41) is 19.0. The molecule has 0 aliphatic rings. The van der Waals surface area contributed by atoms with E-state index in [-0.39, 0.29) is 11.3 Å². The quantitative estimate of drug-likeness (QED) is 0.768. The summed E-state index contributed by atoms with van der Waals surface area (Å²) in [6, 6.07) is 3.50. The summed E-state index contributed by atoms with van der Waals surface area (Å²) in [7, 11) is 0. The highest BCUT2D eigenvalue weighted by Crippen LogP contribution is 2.28. The second kappa shape index (κ2) is 3.48. The Morgan fingerprint density at radius 2 is 2.00 bits per heavy atom. The average Bonchev–Trinajstić information content (AvgIpc) is 2.22. The van der Waals surface area contributed by atoms with Crippen molar-refractivity contribution in [1.82, 2.24) is 4.98 Å². The Bertz CT molecular complexity index is 590. The lowest BCUT2D eigenvalue weighted by molar-refractivity contribution is 0.0696. The fraction of sp³-hybridized carbons (Fsp3) is 0.167. The minimum absolute atomic E-state index is 0.0897. The molecule has 0 fully saturated rings. The molecular formula is C12H11NO3. The molecule has 0 spiro atoms. The molecule has 2 aromatic rings. The van der Waals surface area contributed by atoms with Crippen molar-refractivity contribution in [2.45, 2.75) is 13.8 Å². The van der Waals surface area contributed by atoms with E-state index in [2.05, 4.69) is 4.98 Å². The molecule has 0 unspecified atom stereocenters. The Morgan fingerprint density at radius 3 is 2.62 bits per heavy atom. The molecule has 2 rings (SSSR count). The molecule has 0 amide bonds. The van der Waals surface area contributed by atoms with E-state index in [1.165, 1.54) is 6.20 Å². The molecule has 4 nitrogen and oxygen atoms in total. The molecule has 1 heterocycles. The molecule has 0 saturated heterocycles. The zero-order chi connectivity index (χ0) is 11.9. The zero-order valence-corrected chi connectivity index (χ0v) is 8.98. The summed E-state index contributed by atoms with van der Waals surface area (Å²) in [5.74, 6) is -1.45. The van der Waals surface area contributed by atoms with Crippen LogP contribution in [0.1, 0.15) is 21.5 Å². The molecule has 2 N–H and O–H groups in total. The lowest BCUT2D eigenvalue weighted by Gasteiger charge is -2.08. The molecular weight excluding hydrogens is 206 g/mol. The van der Waals surface area contributed by atoms with Crippen LogP contribution in [0.3, 0.4) is 0 Å². The van der Waals surface area contributed by atoms with Gasteiger partial charge in [-0.05, 0) is 25.0 Å². The highest BCUT2D eigenvalue weighted by molar-refractivity contribution is 6.05. The summed E-state index contributed by atoms with van der Waals surface area (Å²) < 4.78 is 0. The molecule has 82 valence electrons. The molecule has 1 aromatic heterocycles. The first-order valence-corrected chi connectivity index (χ1v) is 4.83. The smallest absolute Gasteiger partial charge is 0.340 e. The van der Waals surface area contributed by atoms with Gasteiger partial charge in [0.15, 0.2) is 0 Å². The largest absolute Gasteiger partial charge is 0.505 e. The third kappa shape index (κ3) is 1.39. The van der Waals surface area contributed by atoms with Crippen molar-refractivity contribution in [3.8, 4) is 5.75 Å². The number of nitrogens with zero attached hydrogens (tertiary/aromatic N) is 1. The summed E-state index contributed by atoms with van der Waals surface area (Å²) in [5.41, 5.74) is 2.50. The van der Waals surface area contributed by atoms with Gasteiger partial charge in [0.25, 0.3) is 0 Å². The number of pyridine rings is 1. The third-order valence-corrected chi connectivity index (χ3v) is 2.76. The topological polar surface area (TPSA) is 70.4 Å². The van der Waals surface area contributed by atoms with Crippen molar-refractivity contribution < 1.29 is 15.0 Å². The predicted octanol–water partition coefficient (Wildman–Crippen LogP) is 2.26. The van der Waals surface area contributed by atoms with E-state index < -0.39 is 5.97 Å². The van der Waals surface area contributed by atoms with Gasteiger partial charge in [-0.3, -0.25) is 4.98 Å². The molecule has 0 radical (unpaired) electrons. The van der Waals surface area contributed by atoms with Crippen LogP contribution in [0.25, 0.3) is 10.9 Å². The number of aromatic carboxylic acids is 1. The minimum Gasteiger partial charge on any atom is -0.505 e. The minimum atomic E-state index is -1.15. The average molecular weight is 217 g/mol. The Labute approximate surface area is 92.2 Å². The van der Waals surface area contributed by atoms with Crippen molar-refractivity contribution in [1.29, 1.82) is 0 Å². The van der Waals surface area contributed by atoms with E-state index in [1.807, 2.05) is 19.9 Å². The monoisotopic (exact) mass is 217 g/mol. The number of carboxylic acid groups (broad SMARTS) is 1. The van der Waals surface area contributed by atoms with Crippen molar-refractivity contribution >= 4 is 16.9 Å². The SMILES string of the molecule is Cc1ccc2c(C(=O)O)c(O)cnc2c1C. The Morgan fingerprint density at radius 1 is 1.31 bits per heavy atom. The van der Waals surface area contributed by atoms with Crippen LogP contribution in [0.15, 0.2) is 18.3 Å². The van der Waals surface area contributed by atoms with E-state index in [1.54, 1.807) is 6.07 Å². The number of rotatable bonds is 1. The van der Waals surface area contributed by atoms with E-state index in [0.29, 0.717) is 10.9 Å². The normalized spacial score (nSPS) is 10.6. The van der Waals surface area contributed by atoms with Gasteiger partial charge in [0.2, 0.25) is 0 Å². The van der Waals surface area contributed by atoms with E-state index in [0.717, 1.165) is 11.1 Å². The van der Waals surface area contributed by atoms with Crippen LogP contribution >= 0.6 is 0 Å². The van der Waals surface area contributed by atoms with Gasteiger partial charge in [-0.2, -0.15) is 0 Å². The van der Waals surface area contributed by atoms with Crippen LogP contribution < -0.4 is 0 Å². The van der Waals surface area contributed by atoms with Crippen LogP contribution in [0.5, 0.6) is 5.75 Å². The van der Waals surface area contributed by atoms with Gasteiger partial charge in [0.05, 0.1) is 11.7 Å². The van der Waals surface area contributed by atoms with Gasteiger partial charge >= 0.3 is 5.97 Å². The first kappa shape index (κ1) is 10.4. The van der Waals surface area contributed by atoms with Crippen LogP contribution in [0, 0.1) is 13.8 Å². The van der Waals surface area contributed by atoms with Crippen LogP contribution in [0.2, 0.25) is 0 Å². The van der Waals surface area contributed by atoms with Gasteiger partial charge in [-0.25, -0.2) is 4.79 Å². The second-order valence-corrected chi connectivity index (χ2v) is 3.73. The third-order valence-electron chi connectivity index (χ3n) is 2.76. The van der Waals surface area contributed by atoms with E-state index in [4.69, 9.17) is 5.11 Å². The Balaban J connectivity index is 2.95. The van der Waals surface area contributed by atoms with Crippen molar-refractivity contribution in [2.24, 2.45) is 0 Å². The van der Waals surface area contributed by atoms with Crippen LogP contribution in [-0.2, 0) is 0 Å². The lowest BCUT2D eigenvalue weighted by Crippen LogP contribution is -2.00. The van der Waals surface area contributed by atoms with Crippen molar-refractivity contribution in [3.05, 3.63) is 35.0 Å². The van der Waals surface area contributed by atoms with E-state index in [9.17, 15) is 9.90 Å². The molecule has 0 saturated carbocycles. The first-order chi connectivity index (χ1) is 7.52. The molecule has 4 heteroatoms. The number of benzene rings is 1. The van der Waals surface area contributed by atoms with Gasteiger partial charge in [-0.15, -0.1) is 0 Å². The summed E-state index contributed by atoms with van der Waals surface area (Å²) in [6.45, 7) is 3.82. The van der Waals surface area contributed by atoms with Crippen LogP contribution in [0.4, 0.5) is 0 Å². The van der Waals surface area contributed by atoms with E-state index >= 15 is 0 Å². The van der Waals surface area contributed by atoms with Crippen LogP contribution in [-0.4, -0.2) is 21.2 Å². The highest BCUT2D eigenvalue weighted by atomic mass is 16.4. The number of fused-ring (bicyclic) bond motifs is 1. The van der Waals surface area contributed by atoms with Gasteiger partial charge in [-0.1, -0.05) is 12.1 Å². The predicted molar refractivity (Wildman–Crippen MR) is 59.8 cm³/mol. The number of carbonyl (C=O) groups is 1. The lowest BCUT2D eigenvalue weighted by atomic mass is 10.0. The maximum absolute atomic E-state index is 11.0. The number of hydrogen-bond acceptors (Lipinski definition) is 3. The highest BCUT2D eigenvalue weighted by Gasteiger charge is 2.16. The number of carboxylic acids is 1. The number of aromatic hydroxyl groups is 1. The van der Waals surface area contributed by atoms with Gasteiger partial charge in [0, 0.05) is 5.39 Å².